The maximum Gasteiger partial charge on any atom is 0.244 e. The van der Waals surface area contributed by atoms with E-state index in [-0.39, 0.29) is 0 Å². The van der Waals surface area contributed by atoms with Crippen molar-refractivity contribution in [3.8, 4) is 0 Å². The number of rotatable bonds is 4. The predicted molar refractivity (Wildman–Crippen MR) is 48.4 cm³/mol. The molecule has 0 amide bonds. The Morgan fingerprint density at radius 3 is 2.82 bits per heavy atom. The Kier molecular flexibility index (Phi) is 3.49. The lowest BCUT2D eigenvalue weighted by Gasteiger charge is -1.91. The molecular formula is C8H15N2S+. The van der Waals surface area contributed by atoms with Gasteiger partial charge in [0, 0.05) is 0 Å². The molecule has 0 aromatic carbocycles. The Morgan fingerprint density at radius 2 is 2.27 bits per heavy atom. The summed E-state index contributed by atoms with van der Waals surface area (Å²) in [6.07, 6.45) is 6.37. The van der Waals surface area contributed by atoms with Gasteiger partial charge in [0.1, 0.15) is 18.3 Å². The number of aromatic nitrogens is 2. The van der Waals surface area contributed by atoms with Gasteiger partial charge in [-0.05, 0) is 12.7 Å². The predicted octanol–water partition coefficient (Wildman–Crippen LogP) is 1.51. The number of nitrogens with zero attached hydrogens (tertiary/aromatic N) is 2. The third-order valence-corrected chi connectivity index (χ3v) is 2.44. The van der Waals surface area contributed by atoms with Crippen molar-refractivity contribution in [3.63, 3.8) is 0 Å². The fourth-order valence-electron chi connectivity index (χ4n) is 0.899. The topological polar surface area (TPSA) is 8.81 Å². The van der Waals surface area contributed by atoms with Crippen LogP contribution in [0.4, 0.5) is 0 Å². The van der Waals surface area contributed by atoms with Crippen LogP contribution in [0.3, 0.4) is 0 Å². The highest BCUT2D eigenvalue weighted by Gasteiger charge is 1.99. The van der Waals surface area contributed by atoms with Crippen LogP contribution < -0.4 is 4.57 Å². The molecule has 0 radical (unpaired) electrons. The smallest absolute Gasteiger partial charge is 0.237 e. The second-order valence-electron chi connectivity index (χ2n) is 2.38. The van der Waals surface area contributed by atoms with Crippen LogP contribution >= 0.6 is 11.8 Å². The first-order valence-corrected chi connectivity index (χ1v) is 5.14. The largest absolute Gasteiger partial charge is 0.244 e. The molecule has 1 aromatic heterocycles. The molecule has 0 N–H and O–H groups in total. The zero-order chi connectivity index (χ0) is 8.10. The maximum absolute atomic E-state index is 2.21. The molecule has 62 valence electrons. The zero-order valence-corrected chi connectivity index (χ0v) is 7.97. The molecule has 3 heteroatoms. The average Bonchev–Trinajstić information content (AvgIpc) is 2.48. The van der Waals surface area contributed by atoms with Gasteiger partial charge in [-0.25, -0.2) is 9.13 Å². The third-order valence-electron chi connectivity index (χ3n) is 1.56. The summed E-state index contributed by atoms with van der Waals surface area (Å²) in [5, 5.41) is 0. The van der Waals surface area contributed by atoms with Crippen molar-refractivity contribution in [1.29, 1.82) is 0 Å². The molecule has 0 bridgehead atoms. The summed E-state index contributed by atoms with van der Waals surface area (Å²) < 4.78 is 4.38. The van der Waals surface area contributed by atoms with Crippen LogP contribution in [0.25, 0.3) is 0 Å². The lowest BCUT2D eigenvalue weighted by atomic mass is 10.7. The Bertz CT molecular complexity index is 208. The van der Waals surface area contributed by atoms with E-state index in [1.54, 1.807) is 0 Å². The maximum atomic E-state index is 2.21. The highest BCUT2D eigenvalue weighted by molar-refractivity contribution is 7.98. The Hall–Kier alpha value is -0.440. The van der Waals surface area contributed by atoms with E-state index >= 15 is 0 Å². The van der Waals surface area contributed by atoms with Crippen LogP contribution in [0.15, 0.2) is 18.7 Å². The van der Waals surface area contributed by atoms with Gasteiger partial charge < -0.3 is 0 Å². The standard InChI is InChI=1S/C8H15N2S/c1-3-9-5-6-10(7-9)8-11-4-2/h5-7H,3-4,8H2,1-2H3/q+1. The van der Waals surface area contributed by atoms with Gasteiger partial charge >= 0.3 is 0 Å². The van der Waals surface area contributed by atoms with Crippen molar-refractivity contribution in [1.82, 2.24) is 4.57 Å². The highest BCUT2D eigenvalue weighted by atomic mass is 32.2. The normalized spacial score (nSPS) is 10.4. The number of hydrogen-bond donors (Lipinski definition) is 0. The fraction of sp³-hybridized carbons (Fsp3) is 0.625. The molecule has 0 aliphatic heterocycles. The minimum atomic E-state index is 1.06. The molecule has 0 aliphatic carbocycles. The quantitative estimate of drug-likeness (QED) is 0.624. The van der Waals surface area contributed by atoms with Crippen molar-refractivity contribution >= 4 is 11.8 Å². The molecule has 0 spiro atoms. The SMILES string of the molecule is CCSC[n+]1ccn(CC)c1. The van der Waals surface area contributed by atoms with Crippen LogP contribution in [-0.4, -0.2) is 10.3 Å². The molecule has 2 nitrogen and oxygen atoms in total. The first-order chi connectivity index (χ1) is 5.36. The summed E-state index contributed by atoms with van der Waals surface area (Å²) in [7, 11) is 0. The van der Waals surface area contributed by atoms with Gasteiger partial charge in [-0.3, -0.25) is 0 Å². The fourth-order valence-corrected chi connectivity index (χ4v) is 1.44. The van der Waals surface area contributed by atoms with E-state index in [1.165, 1.54) is 5.75 Å². The number of aryl methyl sites for hydroxylation is 1. The summed E-state index contributed by atoms with van der Waals surface area (Å²) >= 11 is 1.93. The van der Waals surface area contributed by atoms with Gasteiger partial charge in [-0.1, -0.05) is 6.92 Å². The molecule has 1 aromatic rings. The van der Waals surface area contributed by atoms with Crippen molar-refractivity contribution in [2.24, 2.45) is 0 Å². The van der Waals surface area contributed by atoms with E-state index in [0.717, 1.165) is 12.4 Å². The van der Waals surface area contributed by atoms with Crippen molar-refractivity contribution in [2.45, 2.75) is 26.3 Å². The van der Waals surface area contributed by atoms with Gasteiger partial charge in [0.05, 0.1) is 6.54 Å². The van der Waals surface area contributed by atoms with Gasteiger partial charge in [-0.15, -0.1) is 11.8 Å². The summed E-state index contributed by atoms with van der Waals surface area (Å²) in [4.78, 5) is 0. The second-order valence-corrected chi connectivity index (χ2v) is 3.62. The van der Waals surface area contributed by atoms with Gasteiger partial charge in [0.25, 0.3) is 0 Å². The number of thioether (sulfide) groups is 1. The van der Waals surface area contributed by atoms with E-state index < -0.39 is 0 Å². The van der Waals surface area contributed by atoms with Crippen LogP contribution in [0.1, 0.15) is 13.8 Å². The van der Waals surface area contributed by atoms with Crippen molar-refractivity contribution in [3.05, 3.63) is 18.7 Å². The molecule has 0 fully saturated rings. The summed E-state index contributed by atoms with van der Waals surface area (Å²) in [6, 6.07) is 0. The molecular weight excluding hydrogens is 156 g/mol. The van der Waals surface area contributed by atoms with Crippen LogP contribution in [0.2, 0.25) is 0 Å². The van der Waals surface area contributed by atoms with Crippen molar-refractivity contribution in [2.75, 3.05) is 5.75 Å². The monoisotopic (exact) mass is 171 g/mol. The molecule has 0 atom stereocenters. The van der Waals surface area contributed by atoms with E-state index in [1.807, 2.05) is 11.8 Å². The van der Waals surface area contributed by atoms with E-state index in [2.05, 4.69) is 41.7 Å². The number of hydrogen-bond acceptors (Lipinski definition) is 1. The molecule has 1 heterocycles. The van der Waals surface area contributed by atoms with Gasteiger partial charge in [0.2, 0.25) is 6.33 Å². The van der Waals surface area contributed by atoms with E-state index in [4.69, 9.17) is 0 Å². The zero-order valence-electron chi connectivity index (χ0n) is 7.16. The minimum Gasteiger partial charge on any atom is -0.237 e. The van der Waals surface area contributed by atoms with E-state index in [9.17, 15) is 0 Å². The Morgan fingerprint density at radius 1 is 1.45 bits per heavy atom. The number of imidazole rings is 1. The molecule has 0 unspecified atom stereocenters. The minimum absolute atomic E-state index is 1.06. The first kappa shape index (κ1) is 8.65. The molecule has 11 heavy (non-hydrogen) atoms. The molecule has 0 aliphatic rings. The highest BCUT2D eigenvalue weighted by Crippen LogP contribution is 1.96. The lowest BCUT2D eigenvalue weighted by molar-refractivity contribution is -0.675. The van der Waals surface area contributed by atoms with Gasteiger partial charge in [0.15, 0.2) is 0 Å². The van der Waals surface area contributed by atoms with Crippen LogP contribution in [0.5, 0.6) is 0 Å². The third kappa shape index (κ3) is 2.58. The molecule has 1 rings (SSSR count). The van der Waals surface area contributed by atoms with Crippen LogP contribution in [0, 0.1) is 0 Å². The van der Waals surface area contributed by atoms with Crippen molar-refractivity contribution < 1.29 is 4.57 Å². The second kappa shape index (κ2) is 4.44. The van der Waals surface area contributed by atoms with Gasteiger partial charge in [-0.2, -0.15) is 0 Å². The first-order valence-electron chi connectivity index (χ1n) is 3.99. The Labute approximate surface area is 72.2 Å². The van der Waals surface area contributed by atoms with E-state index in [0.29, 0.717) is 0 Å². The van der Waals surface area contributed by atoms with Crippen LogP contribution in [-0.2, 0) is 12.4 Å². The summed E-state index contributed by atoms with van der Waals surface area (Å²) in [5.74, 6) is 2.26. The lowest BCUT2D eigenvalue weighted by Crippen LogP contribution is -2.29. The summed E-state index contributed by atoms with van der Waals surface area (Å²) in [6.45, 7) is 5.39. The average molecular weight is 171 g/mol. The molecule has 0 saturated carbocycles. The molecule has 0 saturated heterocycles. The Balaban J connectivity index is 2.44. The summed E-state index contributed by atoms with van der Waals surface area (Å²) in [5.41, 5.74) is 0.